The van der Waals surface area contributed by atoms with Gasteiger partial charge in [0.25, 0.3) is 0 Å². The van der Waals surface area contributed by atoms with E-state index in [0.29, 0.717) is 12.1 Å². The first-order valence-electron chi connectivity index (χ1n) is 6.93. The fraction of sp³-hybridized carbons (Fsp3) is 0.467. The van der Waals surface area contributed by atoms with Crippen LogP contribution in [-0.4, -0.2) is 17.4 Å². The Balaban J connectivity index is 1.89. The van der Waals surface area contributed by atoms with Crippen molar-refractivity contribution < 1.29 is 9.59 Å². The van der Waals surface area contributed by atoms with Crippen molar-refractivity contribution in [3.63, 3.8) is 0 Å². The molecule has 0 atom stereocenters. The van der Waals surface area contributed by atoms with E-state index in [4.69, 9.17) is 11.5 Å². The molecule has 0 unspecified atom stereocenters. The van der Waals surface area contributed by atoms with Gasteiger partial charge in [-0.3, -0.25) is 9.59 Å². The van der Waals surface area contributed by atoms with Crippen LogP contribution in [0.4, 0.5) is 5.69 Å². The van der Waals surface area contributed by atoms with Gasteiger partial charge in [-0.2, -0.15) is 0 Å². The van der Waals surface area contributed by atoms with Gasteiger partial charge in [0.15, 0.2) is 0 Å². The maximum Gasteiger partial charge on any atom is 0.226 e. The molecule has 2 amide bonds. The van der Waals surface area contributed by atoms with Crippen molar-refractivity contribution in [1.82, 2.24) is 0 Å². The second-order valence-corrected chi connectivity index (χ2v) is 5.63. The fourth-order valence-corrected chi connectivity index (χ4v) is 2.69. The molecule has 0 saturated heterocycles. The zero-order valence-corrected chi connectivity index (χ0v) is 11.5. The molecule has 0 heterocycles. The number of rotatable bonds is 5. The Bertz CT molecular complexity index is 490. The molecule has 1 fully saturated rings. The van der Waals surface area contributed by atoms with E-state index in [1.807, 2.05) is 0 Å². The Morgan fingerprint density at radius 1 is 1.15 bits per heavy atom. The van der Waals surface area contributed by atoms with Crippen molar-refractivity contribution in [3.8, 4) is 0 Å². The molecule has 0 aliphatic heterocycles. The maximum atomic E-state index is 12.0. The van der Waals surface area contributed by atoms with Gasteiger partial charge in [-0.15, -0.1) is 0 Å². The van der Waals surface area contributed by atoms with Gasteiger partial charge < -0.3 is 16.8 Å². The van der Waals surface area contributed by atoms with Crippen molar-refractivity contribution >= 4 is 17.5 Å². The van der Waals surface area contributed by atoms with Gasteiger partial charge in [0.05, 0.1) is 6.42 Å². The molecular formula is C15H21N3O2. The summed E-state index contributed by atoms with van der Waals surface area (Å²) in [7, 11) is 0. The van der Waals surface area contributed by atoms with Crippen LogP contribution in [0, 0.1) is 0 Å². The number of benzene rings is 1. The lowest BCUT2D eigenvalue weighted by atomic mass is 9.94. The molecule has 1 aromatic carbocycles. The van der Waals surface area contributed by atoms with Gasteiger partial charge in [0.1, 0.15) is 0 Å². The second-order valence-electron chi connectivity index (χ2n) is 5.63. The molecule has 5 heteroatoms. The van der Waals surface area contributed by atoms with Crippen LogP contribution in [0.15, 0.2) is 24.3 Å². The third-order valence-electron chi connectivity index (χ3n) is 3.73. The van der Waals surface area contributed by atoms with Gasteiger partial charge in [0.2, 0.25) is 11.8 Å². The van der Waals surface area contributed by atoms with Gasteiger partial charge in [-0.05, 0) is 30.5 Å². The summed E-state index contributed by atoms with van der Waals surface area (Å²) >= 11 is 0. The van der Waals surface area contributed by atoms with Crippen LogP contribution in [0.3, 0.4) is 0 Å². The molecule has 0 aromatic heterocycles. The Labute approximate surface area is 118 Å². The van der Waals surface area contributed by atoms with Crippen LogP contribution in [0.5, 0.6) is 0 Å². The number of hydrogen-bond acceptors (Lipinski definition) is 3. The highest BCUT2D eigenvalue weighted by atomic mass is 16.2. The molecule has 1 aromatic rings. The smallest absolute Gasteiger partial charge is 0.226 e. The third kappa shape index (κ3) is 4.06. The lowest BCUT2D eigenvalue weighted by molar-refractivity contribution is -0.118. The van der Waals surface area contributed by atoms with Gasteiger partial charge in [-0.25, -0.2) is 0 Å². The lowest BCUT2D eigenvalue weighted by Crippen LogP contribution is -2.40. The second kappa shape index (κ2) is 6.05. The van der Waals surface area contributed by atoms with E-state index in [-0.39, 0.29) is 23.8 Å². The van der Waals surface area contributed by atoms with Crippen LogP contribution in [0.2, 0.25) is 0 Å². The highest BCUT2D eigenvalue weighted by Gasteiger charge is 2.31. The molecule has 0 bridgehead atoms. The largest absolute Gasteiger partial charge is 0.369 e. The van der Waals surface area contributed by atoms with Gasteiger partial charge >= 0.3 is 0 Å². The lowest BCUT2D eigenvalue weighted by Gasteiger charge is -2.22. The Morgan fingerprint density at radius 3 is 2.30 bits per heavy atom. The number of carbonyl (C=O) groups excluding carboxylic acids is 2. The molecule has 0 radical (unpaired) electrons. The number of hydrogen-bond donors (Lipinski definition) is 3. The average molecular weight is 275 g/mol. The van der Waals surface area contributed by atoms with Crippen molar-refractivity contribution in [2.75, 3.05) is 5.32 Å². The predicted octanol–water partition coefficient (Wildman–Crippen LogP) is 1.31. The molecule has 1 saturated carbocycles. The van der Waals surface area contributed by atoms with Crippen LogP contribution < -0.4 is 16.8 Å². The number of anilines is 1. The third-order valence-corrected chi connectivity index (χ3v) is 3.73. The summed E-state index contributed by atoms with van der Waals surface area (Å²) in [6.07, 6.45) is 4.60. The quantitative estimate of drug-likeness (QED) is 0.755. The van der Waals surface area contributed by atoms with Crippen LogP contribution in [-0.2, 0) is 16.0 Å². The normalized spacial score (nSPS) is 16.9. The molecule has 2 rings (SSSR count). The summed E-state index contributed by atoms with van der Waals surface area (Å²) in [5.74, 6) is -0.426. The number of nitrogens with two attached hydrogens (primary N) is 2. The Morgan fingerprint density at radius 2 is 1.75 bits per heavy atom. The first-order valence-corrected chi connectivity index (χ1v) is 6.93. The molecule has 1 aliphatic carbocycles. The van der Waals surface area contributed by atoms with E-state index in [1.165, 1.54) is 0 Å². The van der Waals surface area contributed by atoms with Crippen LogP contribution in [0.25, 0.3) is 0 Å². The maximum absolute atomic E-state index is 12.0. The Hall–Kier alpha value is -1.88. The molecule has 20 heavy (non-hydrogen) atoms. The number of amides is 2. The van der Waals surface area contributed by atoms with Crippen molar-refractivity contribution in [2.24, 2.45) is 11.5 Å². The predicted molar refractivity (Wildman–Crippen MR) is 78.0 cm³/mol. The average Bonchev–Trinajstić information content (AvgIpc) is 2.77. The van der Waals surface area contributed by atoms with Gasteiger partial charge in [0, 0.05) is 17.6 Å². The van der Waals surface area contributed by atoms with Crippen molar-refractivity contribution in [3.05, 3.63) is 29.8 Å². The van der Waals surface area contributed by atoms with Crippen LogP contribution in [0.1, 0.15) is 37.7 Å². The highest BCUT2D eigenvalue weighted by molar-refractivity contribution is 5.91. The summed E-state index contributed by atoms with van der Waals surface area (Å²) in [4.78, 5) is 22.8. The first kappa shape index (κ1) is 14.5. The van der Waals surface area contributed by atoms with E-state index in [1.54, 1.807) is 24.3 Å². The zero-order valence-electron chi connectivity index (χ0n) is 11.5. The topological polar surface area (TPSA) is 98.2 Å². The molecule has 108 valence electrons. The first-order chi connectivity index (χ1) is 9.47. The van der Waals surface area contributed by atoms with Crippen molar-refractivity contribution in [2.45, 2.75) is 44.1 Å². The number of carbonyl (C=O) groups is 2. The summed E-state index contributed by atoms with van der Waals surface area (Å²) in [5.41, 5.74) is 12.5. The monoisotopic (exact) mass is 275 g/mol. The van der Waals surface area contributed by atoms with Crippen molar-refractivity contribution in [1.29, 1.82) is 0 Å². The standard InChI is InChI=1S/C15H21N3O2/c16-13(19)9-11-3-5-12(6-4-11)18-14(20)10-15(17)7-1-2-8-15/h3-6H,1-2,7-10,17H2,(H2,16,19)(H,18,20). The van der Waals surface area contributed by atoms with E-state index < -0.39 is 0 Å². The SMILES string of the molecule is NC(=O)Cc1ccc(NC(=O)CC2(N)CCCC2)cc1. The van der Waals surface area contributed by atoms with E-state index in [0.717, 1.165) is 31.2 Å². The van der Waals surface area contributed by atoms with E-state index in [2.05, 4.69) is 5.32 Å². The number of primary amides is 1. The summed E-state index contributed by atoms with van der Waals surface area (Å²) in [5, 5.41) is 2.84. The fourth-order valence-electron chi connectivity index (χ4n) is 2.69. The summed E-state index contributed by atoms with van der Waals surface area (Å²) in [6.45, 7) is 0. The molecule has 5 nitrogen and oxygen atoms in total. The molecular weight excluding hydrogens is 254 g/mol. The van der Waals surface area contributed by atoms with Crippen LogP contribution >= 0.6 is 0 Å². The zero-order chi connectivity index (χ0) is 14.6. The molecule has 1 aliphatic rings. The Kier molecular flexibility index (Phi) is 4.39. The van der Waals surface area contributed by atoms with Gasteiger partial charge in [-0.1, -0.05) is 25.0 Å². The number of nitrogens with one attached hydrogen (secondary N) is 1. The molecule has 5 N–H and O–H groups in total. The minimum atomic E-state index is -0.368. The summed E-state index contributed by atoms with van der Waals surface area (Å²) in [6, 6.07) is 7.12. The minimum Gasteiger partial charge on any atom is -0.369 e. The van der Waals surface area contributed by atoms with E-state index in [9.17, 15) is 9.59 Å². The summed E-state index contributed by atoms with van der Waals surface area (Å²) < 4.78 is 0. The highest BCUT2D eigenvalue weighted by Crippen LogP contribution is 2.30. The van der Waals surface area contributed by atoms with E-state index >= 15 is 0 Å². The molecule has 0 spiro atoms. The minimum absolute atomic E-state index is 0.0583.